The van der Waals surface area contributed by atoms with Gasteiger partial charge in [-0.2, -0.15) is 0 Å². The first kappa shape index (κ1) is 29.8. The summed E-state index contributed by atoms with van der Waals surface area (Å²) < 4.78 is 26.4. The first-order chi connectivity index (χ1) is 17.7. The number of halogens is 2. The number of amidine groups is 1. The van der Waals surface area contributed by atoms with Crippen LogP contribution < -0.4 is 31.4 Å². The van der Waals surface area contributed by atoms with E-state index in [0.717, 1.165) is 0 Å². The normalized spacial score (nSPS) is 10.9. The zero-order valence-electron chi connectivity index (χ0n) is 21.1. The number of anilines is 1. The minimum atomic E-state index is -1.31. The monoisotopic (exact) mass is 544 g/mol. The summed E-state index contributed by atoms with van der Waals surface area (Å²) in [5, 5.41) is 10.5. The van der Waals surface area contributed by atoms with Crippen molar-refractivity contribution in [2.75, 3.05) is 19.0 Å². The number of benzene rings is 2. The van der Waals surface area contributed by atoms with Crippen molar-refractivity contribution in [3.8, 4) is 11.5 Å². The first-order valence-electron chi connectivity index (χ1n) is 11.5. The molecular weight excluding hydrogens is 515 g/mol. The van der Waals surface area contributed by atoms with E-state index in [2.05, 4.69) is 21.2 Å². The lowest BCUT2D eigenvalue weighted by Gasteiger charge is -2.22. The maximum Gasteiger partial charge on any atom is 0.271 e. The number of hydrogen-bond acceptors (Lipinski definition) is 7. The number of nitrogens with zero attached hydrogens (tertiary/aromatic N) is 1. The number of aromatic nitrogens is 1. The van der Waals surface area contributed by atoms with Gasteiger partial charge < -0.3 is 20.5 Å². The van der Waals surface area contributed by atoms with Crippen LogP contribution in [-0.2, 0) is 4.79 Å². The predicted molar refractivity (Wildman–Crippen MR) is 144 cm³/mol. The third kappa shape index (κ3) is 7.32. The van der Waals surface area contributed by atoms with Gasteiger partial charge in [0, 0.05) is 35.3 Å². The van der Waals surface area contributed by atoms with Crippen LogP contribution in [-0.4, -0.2) is 36.4 Å². The average Bonchev–Trinajstić information content (AvgIpc) is 2.90. The minimum absolute atomic E-state index is 0. The molecule has 10 nitrogen and oxygen atoms in total. The number of nitrogens with one attached hydrogen (secondary N) is 4. The lowest BCUT2D eigenvalue weighted by Crippen LogP contribution is -2.45. The highest BCUT2D eigenvalue weighted by molar-refractivity contribution is 5.97. The van der Waals surface area contributed by atoms with E-state index < -0.39 is 23.7 Å². The molecule has 12 heteroatoms. The fourth-order valence-electron chi connectivity index (χ4n) is 3.39. The highest BCUT2D eigenvalue weighted by Crippen LogP contribution is 2.33. The molecule has 0 fully saturated rings. The molecule has 2 aromatic carbocycles. The van der Waals surface area contributed by atoms with Crippen molar-refractivity contribution in [2.45, 2.75) is 26.3 Å². The van der Waals surface area contributed by atoms with Gasteiger partial charge >= 0.3 is 0 Å². The number of hydrazine groups is 1. The number of nitrogen functional groups attached to an aromatic ring is 1. The molecule has 0 saturated heterocycles. The van der Waals surface area contributed by atoms with Gasteiger partial charge in [0.2, 0.25) is 0 Å². The second-order valence-corrected chi connectivity index (χ2v) is 8.08. The van der Waals surface area contributed by atoms with E-state index in [0.29, 0.717) is 23.2 Å². The Morgan fingerprint density at radius 1 is 1.16 bits per heavy atom. The molecule has 1 unspecified atom stereocenters. The van der Waals surface area contributed by atoms with Crippen LogP contribution in [0.3, 0.4) is 0 Å². The minimum Gasteiger partial charge on any atom is -0.497 e. The summed E-state index contributed by atoms with van der Waals surface area (Å²) in [5.41, 5.74) is 12.0. The van der Waals surface area contributed by atoms with Gasteiger partial charge in [0.1, 0.15) is 17.6 Å². The summed E-state index contributed by atoms with van der Waals surface area (Å²) in [6.07, 6.45) is 3.57. The standard InChI is InChI=1S/C26H29FN6O4.ClH/c1-4-11-37-21-13-18(36-3)12-19(22(21)27)23(31-17-7-5-16(6-8-17)24(28)29)26(35)33-32-25(34)20-14-30-10-9-15(20)2;/h5-10,12-14,23,31H,4,11H2,1-3H3,(H3,28,29)(H,32,34)(H,33,35);1H. The van der Waals surface area contributed by atoms with Crippen molar-refractivity contribution in [3.63, 3.8) is 0 Å². The third-order valence-electron chi connectivity index (χ3n) is 5.40. The summed E-state index contributed by atoms with van der Waals surface area (Å²) >= 11 is 0. The second kappa shape index (κ2) is 13.8. The molecule has 6 N–H and O–H groups in total. The SMILES string of the molecule is CCCOc1cc(OC)cc(C(Nc2ccc(C(=N)N)cc2)C(=O)NNC(=O)c2cnccc2C)c1F.Cl. The summed E-state index contributed by atoms with van der Waals surface area (Å²) in [7, 11) is 1.42. The Morgan fingerprint density at radius 3 is 2.47 bits per heavy atom. The largest absolute Gasteiger partial charge is 0.497 e. The van der Waals surface area contributed by atoms with E-state index in [-0.39, 0.29) is 47.5 Å². The number of amides is 2. The van der Waals surface area contributed by atoms with E-state index in [4.69, 9.17) is 20.6 Å². The van der Waals surface area contributed by atoms with E-state index in [1.165, 1.54) is 25.4 Å². The third-order valence-corrected chi connectivity index (χ3v) is 5.40. The zero-order valence-corrected chi connectivity index (χ0v) is 21.9. The zero-order chi connectivity index (χ0) is 26.9. The van der Waals surface area contributed by atoms with Gasteiger partial charge in [-0.25, -0.2) is 4.39 Å². The summed E-state index contributed by atoms with van der Waals surface area (Å²) in [5.74, 6) is -2.00. The maximum atomic E-state index is 15.6. The van der Waals surface area contributed by atoms with Gasteiger partial charge in [-0.05, 0) is 55.3 Å². The molecule has 1 atom stereocenters. The van der Waals surface area contributed by atoms with Gasteiger partial charge in [-0.3, -0.25) is 30.8 Å². The molecule has 0 aliphatic carbocycles. The van der Waals surface area contributed by atoms with Crippen LogP contribution in [0.1, 0.15) is 46.4 Å². The molecule has 0 spiro atoms. The molecule has 0 bridgehead atoms. The van der Waals surface area contributed by atoms with Crippen molar-refractivity contribution in [1.29, 1.82) is 5.41 Å². The molecule has 2 amide bonds. The fourth-order valence-corrected chi connectivity index (χ4v) is 3.39. The van der Waals surface area contributed by atoms with Crippen molar-refractivity contribution >= 4 is 35.7 Å². The Hall–Kier alpha value is -4.38. The molecule has 3 rings (SSSR count). The van der Waals surface area contributed by atoms with Gasteiger partial charge in [0.15, 0.2) is 11.6 Å². The number of hydrogen-bond donors (Lipinski definition) is 5. The summed E-state index contributed by atoms with van der Waals surface area (Å²) in [6.45, 7) is 3.88. The number of carbonyl (C=O) groups excluding carboxylic acids is 2. The molecule has 0 aliphatic rings. The van der Waals surface area contributed by atoms with Gasteiger partial charge in [-0.1, -0.05) is 6.92 Å². The van der Waals surface area contributed by atoms with Gasteiger partial charge in [0.05, 0.1) is 19.3 Å². The van der Waals surface area contributed by atoms with Crippen LogP contribution in [0.2, 0.25) is 0 Å². The van der Waals surface area contributed by atoms with Crippen molar-refractivity contribution in [1.82, 2.24) is 15.8 Å². The molecule has 0 radical (unpaired) electrons. The average molecular weight is 545 g/mol. The topological polar surface area (TPSA) is 151 Å². The van der Waals surface area contributed by atoms with Crippen LogP contribution in [0.4, 0.5) is 10.1 Å². The van der Waals surface area contributed by atoms with Crippen molar-refractivity contribution in [3.05, 3.63) is 82.9 Å². The molecule has 38 heavy (non-hydrogen) atoms. The van der Waals surface area contributed by atoms with Crippen LogP contribution in [0.25, 0.3) is 0 Å². The number of rotatable bonds is 10. The Morgan fingerprint density at radius 2 is 1.87 bits per heavy atom. The molecule has 1 aromatic heterocycles. The number of methoxy groups -OCH3 is 1. The molecule has 0 saturated carbocycles. The van der Waals surface area contributed by atoms with Crippen LogP contribution >= 0.6 is 12.4 Å². The van der Waals surface area contributed by atoms with Crippen LogP contribution in [0, 0.1) is 18.2 Å². The highest BCUT2D eigenvalue weighted by Gasteiger charge is 2.28. The van der Waals surface area contributed by atoms with E-state index >= 15 is 4.39 Å². The maximum absolute atomic E-state index is 15.6. The van der Waals surface area contributed by atoms with Crippen molar-refractivity contribution in [2.24, 2.45) is 5.73 Å². The smallest absolute Gasteiger partial charge is 0.271 e. The van der Waals surface area contributed by atoms with Gasteiger partial charge in [-0.15, -0.1) is 12.4 Å². The lowest BCUT2D eigenvalue weighted by molar-refractivity contribution is -0.122. The fraction of sp³-hybridized carbons (Fsp3) is 0.231. The Labute approximate surface area is 226 Å². The molecule has 1 heterocycles. The predicted octanol–water partition coefficient (Wildman–Crippen LogP) is 3.65. The van der Waals surface area contributed by atoms with Crippen molar-refractivity contribution < 1.29 is 23.5 Å². The van der Waals surface area contributed by atoms with E-state index in [9.17, 15) is 9.59 Å². The van der Waals surface area contributed by atoms with Gasteiger partial charge in [0.25, 0.3) is 11.8 Å². The van der Waals surface area contributed by atoms with E-state index in [1.54, 1.807) is 43.5 Å². The number of carbonyl (C=O) groups is 2. The first-order valence-corrected chi connectivity index (χ1v) is 11.5. The molecule has 0 aliphatic heterocycles. The number of pyridine rings is 1. The lowest BCUT2D eigenvalue weighted by atomic mass is 10.0. The summed E-state index contributed by atoms with van der Waals surface area (Å²) in [6, 6.07) is 9.50. The Balaban J connectivity index is 0.00000507. The van der Waals surface area contributed by atoms with Crippen LogP contribution in [0.5, 0.6) is 11.5 Å². The molecule has 3 aromatic rings. The Bertz CT molecular complexity index is 1290. The second-order valence-electron chi connectivity index (χ2n) is 8.08. The number of ether oxygens (including phenoxy) is 2. The Kier molecular flexibility index (Phi) is 10.8. The molecular formula is C26H30ClFN6O4. The summed E-state index contributed by atoms with van der Waals surface area (Å²) in [4.78, 5) is 29.8. The number of nitrogens with two attached hydrogens (primary N) is 1. The highest BCUT2D eigenvalue weighted by atomic mass is 35.5. The number of aryl methyl sites for hydroxylation is 1. The quantitative estimate of drug-likeness (QED) is 0.148. The van der Waals surface area contributed by atoms with Crippen LogP contribution in [0.15, 0.2) is 54.9 Å². The van der Waals surface area contributed by atoms with E-state index in [1.807, 2.05) is 6.92 Å². The molecule has 202 valence electrons.